The van der Waals surface area contributed by atoms with Gasteiger partial charge < -0.3 is 10.1 Å². The van der Waals surface area contributed by atoms with E-state index in [1.165, 1.54) is 31.6 Å². The number of carbonyl (C=O) groups excluding carboxylic acids is 1. The minimum atomic E-state index is -4.12. The number of halogens is 1. The number of benzene rings is 1. The van der Waals surface area contributed by atoms with Crippen LogP contribution in [-0.2, 0) is 14.8 Å². The molecule has 1 aliphatic heterocycles. The molecule has 9 nitrogen and oxygen atoms in total. The summed E-state index contributed by atoms with van der Waals surface area (Å²) in [6, 6.07) is 4.74. The van der Waals surface area contributed by atoms with Crippen LogP contribution in [0.3, 0.4) is 0 Å². The van der Waals surface area contributed by atoms with Gasteiger partial charge in [0.2, 0.25) is 5.96 Å². The normalized spacial score (nSPS) is 20.4. The molecule has 0 aromatic heterocycles. The van der Waals surface area contributed by atoms with E-state index in [1.807, 2.05) is 4.72 Å². The Bertz CT molecular complexity index is 779. The third-order valence-corrected chi connectivity index (χ3v) is 4.63. The summed E-state index contributed by atoms with van der Waals surface area (Å²) in [6.45, 7) is 1.56. The second kappa shape index (κ2) is 6.52. The maximum absolute atomic E-state index is 12.1. The first kappa shape index (κ1) is 17.2. The first-order valence-corrected chi connectivity index (χ1v) is 8.15. The van der Waals surface area contributed by atoms with Crippen LogP contribution in [0.5, 0.6) is 0 Å². The molecule has 11 heteroatoms. The lowest BCUT2D eigenvalue weighted by Crippen LogP contribution is -2.50. The number of nitrogens with zero attached hydrogens (tertiary/aromatic N) is 2. The second-order valence-corrected chi connectivity index (χ2v) is 6.55. The minimum absolute atomic E-state index is 0.0000217. The topological polar surface area (TPSA) is 121 Å². The summed E-state index contributed by atoms with van der Waals surface area (Å²) in [5, 5.41) is 4.81. The Morgan fingerprint density at radius 1 is 1.39 bits per heavy atom. The van der Waals surface area contributed by atoms with E-state index in [-0.39, 0.29) is 15.9 Å². The van der Waals surface area contributed by atoms with Gasteiger partial charge in [0.1, 0.15) is 4.90 Å². The van der Waals surface area contributed by atoms with E-state index in [4.69, 9.17) is 16.3 Å². The number of guanidine groups is 1. The highest BCUT2D eigenvalue weighted by molar-refractivity contribution is 7.90. The lowest BCUT2D eigenvalue weighted by atomic mass is 10.4. The van der Waals surface area contributed by atoms with E-state index in [9.17, 15) is 13.2 Å². The maximum Gasteiger partial charge on any atom is 0.335 e. The Balaban J connectivity index is 2.10. The zero-order valence-electron chi connectivity index (χ0n) is 12.2. The summed E-state index contributed by atoms with van der Waals surface area (Å²) in [5.74, 6) is -1.22. The van der Waals surface area contributed by atoms with Gasteiger partial charge in [0.25, 0.3) is 15.9 Å². The molecule has 23 heavy (non-hydrogen) atoms. The lowest BCUT2D eigenvalue weighted by Gasteiger charge is -2.23. The average molecular weight is 360 g/mol. The second-order valence-electron chi connectivity index (χ2n) is 4.49. The van der Waals surface area contributed by atoms with Crippen molar-refractivity contribution in [2.75, 3.05) is 7.11 Å². The fraction of sp³-hybridized carbons (Fsp3) is 0.250. The number of hydrogen-bond acceptors (Lipinski definition) is 7. The van der Waals surface area contributed by atoms with Crippen molar-refractivity contribution in [2.24, 2.45) is 9.98 Å². The molecule has 2 rings (SSSR count). The molecule has 0 saturated heterocycles. The van der Waals surface area contributed by atoms with Crippen LogP contribution in [0, 0.1) is 0 Å². The number of carbonyl (C=O) groups is 1. The molecule has 1 aromatic carbocycles. The van der Waals surface area contributed by atoms with Gasteiger partial charge in [-0.25, -0.2) is 22.9 Å². The number of methoxy groups -OCH3 is 1. The highest BCUT2D eigenvalue weighted by Crippen LogP contribution is 2.20. The summed E-state index contributed by atoms with van der Waals surface area (Å²) in [7, 11) is -2.72. The van der Waals surface area contributed by atoms with E-state index < -0.39 is 21.9 Å². The number of sulfonamides is 1. The fourth-order valence-corrected chi connectivity index (χ4v) is 3.04. The summed E-state index contributed by atoms with van der Waals surface area (Å²) in [5.41, 5.74) is 0. The van der Waals surface area contributed by atoms with Crippen LogP contribution in [-0.4, -0.2) is 39.7 Å². The third kappa shape index (κ3) is 4.18. The van der Waals surface area contributed by atoms with Gasteiger partial charge in [0.05, 0.1) is 11.4 Å². The number of hydrogen-bond donors (Lipinski definition) is 3. The van der Waals surface area contributed by atoms with Crippen molar-refractivity contribution in [2.45, 2.75) is 17.7 Å². The van der Waals surface area contributed by atoms with Crippen molar-refractivity contribution in [3.8, 4) is 0 Å². The predicted molar refractivity (Wildman–Crippen MR) is 84.8 cm³/mol. The molecule has 1 heterocycles. The van der Waals surface area contributed by atoms with Crippen LogP contribution >= 0.6 is 11.6 Å². The molecule has 1 atom stereocenters. The monoisotopic (exact) mass is 359 g/mol. The van der Waals surface area contributed by atoms with Crippen molar-refractivity contribution >= 4 is 40.0 Å². The summed E-state index contributed by atoms with van der Waals surface area (Å²) in [4.78, 5) is 19.6. The molecule has 0 saturated carbocycles. The van der Waals surface area contributed by atoms with Crippen LogP contribution < -0.4 is 15.4 Å². The van der Waals surface area contributed by atoms with Crippen LogP contribution in [0.4, 0.5) is 4.79 Å². The van der Waals surface area contributed by atoms with Gasteiger partial charge in [-0.2, -0.15) is 4.99 Å². The van der Waals surface area contributed by atoms with Gasteiger partial charge in [0, 0.05) is 14.0 Å². The SMILES string of the molecule is COC1(C)N=CNC(NC(=O)NS(=O)(=O)c2ccccc2Cl)=N1. The quantitative estimate of drug-likeness (QED) is 0.731. The van der Waals surface area contributed by atoms with Crippen molar-refractivity contribution in [3.05, 3.63) is 29.3 Å². The number of nitrogens with one attached hydrogen (secondary N) is 3. The van der Waals surface area contributed by atoms with E-state index in [0.29, 0.717) is 0 Å². The van der Waals surface area contributed by atoms with Crippen LogP contribution in [0.15, 0.2) is 39.1 Å². The first-order chi connectivity index (χ1) is 10.8. The van der Waals surface area contributed by atoms with Gasteiger partial charge in [-0.3, -0.25) is 5.32 Å². The van der Waals surface area contributed by atoms with Crippen molar-refractivity contribution in [1.29, 1.82) is 0 Å². The van der Waals surface area contributed by atoms with Gasteiger partial charge in [-0.05, 0) is 12.1 Å². The summed E-state index contributed by atoms with van der Waals surface area (Å²) in [6.07, 6.45) is 1.27. The number of amides is 2. The van der Waals surface area contributed by atoms with Gasteiger partial charge in [-0.1, -0.05) is 23.7 Å². The molecule has 0 radical (unpaired) electrons. The molecule has 124 valence electrons. The van der Waals surface area contributed by atoms with E-state index in [2.05, 4.69) is 20.6 Å². The molecule has 1 aromatic rings. The Kier molecular flexibility index (Phi) is 4.88. The molecule has 3 N–H and O–H groups in total. The van der Waals surface area contributed by atoms with E-state index in [0.717, 1.165) is 0 Å². The Labute approximate surface area is 137 Å². The Morgan fingerprint density at radius 3 is 2.74 bits per heavy atom. The number of urea groups is 1. The zero-order valence-corrected chi connectivity index (χ0v) is 13.8. The maximum atomic E-state index is 12.1. The molecular weight excluding hydrogens is 346 g/mol. The standard InChI is InChI=1S/C12H14ClN5O4S/c1-12(22-2)15-7-14-10(17-12)16-11(19)18-23(20,21)9-6-4-3-5-8(9)13/h3-7H,1-2H3,(H3,14,15,16,17,18,19). The first-order valence-electron chi connectivity index (χ1n) is 6.29. The number of ether oxygens (including phenoxy) is 1. The van der Waals surface area contributed by atoms with Gasteiger partial charge in [0.15, 0.2) is 0 Å². The number of aliphatic imine (C=N–C) groups is 2. The minimum Gasteiger partial charge on any atom is -0.339 e. The Hall–Kier alpha value is -2.17. The molecule has 2 amide bonds. The van der Waals surface area contributed by atoms with Gasteiger partial charge in [-0.15, -0.1) is 0 Å². The van der Waals surface area contributed by atoms with Crippen LogP contribution in [0.2, 0.25) is 5.02 Å². The van der Waals surface area contributed by atoms with Gasteiger partial charge >= 0.3 is 6.03 Å². The summed E-state index contributed by atoms with van der Waals surface area (Å²) < 4.78 is 31.1. The molecule has 0 bridgehead atoms. The van der Waals surface area contributed by atoms with Crippen LogP contribution in [0.1, 0.15) is 6.92 Å². The van der Waals surface area contributed by atoms with Crippen molar-refractivity contribution < 1.29 is 17.9 Å². The smallest absolute Gasteiger partial charge is 0.335 e. The van der Waals surface area contributed by atoms with E-state index >= 15 is 0 Å². The molecule has 1 unspecified atom stereocenters. The highest BCUT2D eigenvalue weighted by atomic mass is 35.5. The third-order valence-electron chi connectivity index (χ3n) is 2.80. The highest BCUT2D eigenvalue weighted by Gasteiger charge is 2.26. The molecule has 0 spiro atoms. The predicted octanol–water partition coefficient (Wildman–Crippen LogP) is 0.636. The Morgan fingerprint density at radius 2 is 2.09 bits per heavy atom. The summed E-state index contributed by atoms with van der Waals surface area (Å²) >= 11 is 5.82. The fourth-order valence-electron chi connectivity index (χ4n) is 1.62. The molecular formula is C12H14ClN5O4S. The van der Waals surface area contributed by atoms with Crippen molar-refractivity contribution in [1.82, 2.24) is 15.4 Å². The zero-order chi connectivity index (χ0) is 17.1. The van der Waals surface area contributed by atoms with Crippen LogP contribution in [0.25, 0.3) is 0 Å². The van der Waals surface area contributed by atoms with E-state index in [1.54, 1.807) is 13.0 Å². The molecule has 1 aliphatic rings. The number of rotatable bonds is 3. The molecule has 0 fully saturated rings. The molecule has 0 aliphatic carbocycles. The average Bonchev–Trinajstić information content (AvgIpc) is 2.47. The lowest BCUT2D eigenvalue weighted by molar-refractivity contribution is 0.0209. The largest absolute Gasteiger partial charge is 0.339 e. The van der Waals surface area contributed by atoms with Crippen molar-refractivity contribution in [3.63, 3.8) is 0 Å².